The van der Waals surface area contributed by atoms with Crippen LogP contribution in [0.1, 0.15) is 79.6 Å². The third kappa shape index (κ3) is 7.74. The standard InChI is InChI=1S/C40H50F3N5O10S/c1-22-8-6-7-9-24-20-39(24,35(51)46-59(54,55)38(5)13-14-38)45-32(49)28-19-25(58-33-27-10-11-29-31(57-17-16-56-29)26(27)12-15-44-33)21-47(28)34(50)30(23(2)18-22)48(36(52)53)37(3,4)40(41,42)43/h7,9-12,15,22-25,28,30H,6,8,13-14,16-21H2,1-5H3,(H,45,49)(H,46,51)(H,52,53)/b9-7-/t22-,23-,24-,25-,28+,30+,39-/m1/s1. The molecule has 3 fully saturated rings. The van der Waals surface area contributed by atoms with Gasteiger partial charge in [0.15, 0.2) is 11.5 Å². The van der Waals surface area contributed by atoms with Crippen molar-refractivity contribution in [1.29, 1.82) is 0 Å². The van der Waals surface area contributed by atoms with E-state index in [4.69, 9.17) is 14.2 Å². The van der Waals surface area contributed by atoms with Gasteiger partial charge in [-0.1, -0.05) is 26.0 Å². The first kappa shape index (κ1) is 42.3. The van der Waals surface area contributed by atoms with Crippen molar-refractivity contribution < 1.29 is 60.1 Å². The van der Waals surface area contributed by atoms with Gasteiger partial charge >= 0.3 is 12.3 Å². The fourth-order valence-corrected chi connectivity index (χ4v) is 9.89. The molecule has 322 valence electrons. The average molecular weight is 850 g/mol. The number of carbonyl (C=O) groups is 4. The molecule has 7 atom stereocenters. The van der Waals surface area contributed by atoms with E-state index >= 15 is 4.79 Å². The van der Waals surface area contributed by atoms with Crippen LogP contribution in [0.4, 0.5) is 18.0 Å². The number of allylic oxidation sites excluding steroid dienone is 1. The lowest BCUT2D eigenvalue weighted by atomic mass is 9.85. The Balaban J connectivity index is 1.29. The zero-order valence-electron chi connectivity index (χ0n) is 33.5. The van der Waals surface area contributed by atoms with Crippen LogP contribution in [0.15, 0.2) is 36.5 Å². The van der Waals surface area contributed by atoms with Gasteiger partial charge in [0.2, 0.25) is 27.7 Å². The minimum Gasteiger partial charge on any atom is -0.486 e. The molecule has 0 spiro atoms. The number of carbonyl (C=O) groups excluding carboxylic acids is 3. The Kier molecular flexibility index (Phi) is 10.8. The second kappa shape index (κ2) is 15.0. The summed E-state index contributed by atoms with van der Waals surface area (Å²) in [6, 6.07) is 1.71. The van der Waals surface area contributed by atoms with Crippen LogP contribution < -0.4 is 24.2 Å². The van der Waals surface area contributed by atoms with Gasteiger partial charge in [-0.25, -0.2) is 18.2 Å². The van der Waals surface area contributed by atoms with Crippen molar-refractivity contribution in [3.8, 4) is 17.4 Å². The summed E-state index contributed by atoms with van der Waals surface area (Å²) in [7, 11) is -4.12. The zero-order valence-corrected chi connectivity index (χ0v) is 34.3. The first-order valence-corrected chi connectivity index (χ1v) is 21.4. The SMILES string of the molecule is C[C@@H]1CC/C=C\[C@@H]2C[C@@]2(C(=O)NS(=O)(=O)C2(C)CC2)NC(=O)[C@@H]2C[C@@H](Oc3nccc4c5c(ccc34)OCCO5)CN2C(=O)[C@@H](N(C(=O)O)C(C)(C)C(F)(F)F)[C@H](C)C1. The maximum atomic E-state index is 15.0. The van der Waals surface area contributed by atoms with Crippen LogP contribution in [0.5, 0.6) is 17.4 Å². The largest absolute Gasteiger partial charge is 0.486 e. The summed E-state index contributed by atoms with van der Waals surface area (Å²) >= 11 is 0. The number of amides is 4. The van der Waals surface area contributed by atoms with E-state index in [-0.39, 0.29) is 42.5 Å². The van der Waals surface area contributed by atoms with E-state index in [1.54, 1.807) is 30.4 Å². The van der Waals surface area contributed by atoms with Gasteiger partial charge in [-0.2, -0.15) is 13.2 Å². The fourth-order valence-electron chi connectivity index (χ4n) is 8.57. The second-order valence-corrected chi connectivity index (χ2v) is 19.6. The lowest BCUT2D eigenvalue weighted by Crippen LogP contribution is -2.66. The molecular formula is C40H50F3N5O10S. The van der Waals surface area contributed by atoms with Gasteiger partial charge < -0.3 is 29.5 Å². The molecule has 2 aliphatic carbocycles. The highest BCUT2D eigenvalue weighted by molar-refractivity contribution is 7.91. The lowest BCUT2D eigenvalue weighted by molar-refractivity contribution is -0.222. The molecule has 2 saturated carbocycles. The van der Waals surface area contributed by atoms with E-state index in [1.807, 2.05) is 6.92 Å². The first-order valence-electron chi connectivity index (χ1n) is 19.9. The maximum Gasteiger partial charge on any atom is 0.411 e. The third-order valence-electron chi connectivity index (χ3n) is 12.7. The van der Waals surface area contributed by atoms with Gasteiger partial charge in [-0.15, -0.1) is 0 Å². The predicted molar refractivity (Wildman–Crippen MR) is 206 cm³/mol. The Morgan fingerprint density at radius 3 is 2.47 bits per heavy atom. The Bertz CT molecular complexity index is 2180. The molecule has 1 aromatic heterocycles. The van der Waals surface area contributed by atoms with E-state index in [2.05, 4.69) is 15.0 Å². The fraction of sp³-hybridized carbons (Fsp3) is 0.625. The number of nitrogens with zero attached hydrogens (tertiary/aromatic N) is 3. The van der Waals surface area contributed by atoms with Crippen molar-refractivity contribution in [3.63, 3.8) is 0 Å². The number of hydrogen-bond acceptors (Lipinski definition) is 10. The first-order chi connectivity index (χ1) is 27.6. The number of nitrogens with one attached hydrogen (secondary N) is 2. The highest BCUT2D eigenvalue weighted by Gasteiger charge is 2.64. The molecule has 0 radical (unpaired) electrons. The second-order valence-electron chi connectivity index (χ2n) is 17.4. The summed E-state index contributed by atoms with van der Waals surface area (Å²) in [5.74, 6) is -3.56. The van der Waals surface area contributed by atoms with Gasteiger partial charge in [0.1, 0.15) is 42.5 Å². The van der Waals surface area contributed by atoms with Crippen LogP contribution in [0.25, 0.3) is 10.8 Å². The number of alkyl halides is 3. The number of hydrogen-bond donors (Lipinski definition) is 3. The lowest BCUT2D eigenvalue weighted by Gasteiger charge is -2.45. The molecular weight excluding hydrogens is 800 g/mol. The summed E-state index contributed by atoms with van der Waals surface area (Å²) < 4.78 is 89.6. The Morgan fingerprint density at radius 2 is 1.80 bits per heavy atom. The van der Waals surface area contributed by atoms with Gasteiger partial charge in [-0.3, -0.25) is 24.0 Å². The summed E-state index contributed by atoms with van der Waals surface area (Å²) in [5.41, 5.74) is -4.76. The van der Waals surface area contributed by atoms with Crippen molar-refractivity contribution in [2.24, 2.45) is 17.8 Å². The topological polar surface area (TPSA) is 194 Å². The Morgan fingerprint density at radius 1 is 1.08 bits per heavy atom. The number of aromatic nitrogens is 1. The summed E-state index contributed by atoms with van der Waals surface area (Å²) in [6.07, 6.45) is -1.42. The van der Waals surface area contributed by atoms with Crippen LogP contribution in [0, 0.1) is 17.8 Å². The maximum absolute atomic E-state index is 15.0. The van der Waals surface area contributed by atoms with E-state index in [1.165, 1.54) is 20.0 Å². The molecule has 1 saturated heterocycles. The van der Waals surface area contributed by atoms with Gasteiger partial charge in [-0.05, 0) is 89.3 Å². The summed E-state index contributed by atoms with van der Waals surface area (Å²) in [6.45, 7) is 6.56. The molecule has 5 aliphatic rings. The number of fused-ring (bicyclic) bond motifs is 5. The Labute approximate surface area is 340 Å². The quantitative estimate of drug-likeness (QED) is 0.320. The monoisotopic (exact) mass is 849 g/mol. The number of rotatable bonds is 7. The number of benzene rings is 1. The van der Waals surface area contributed by atoms with E-state index in [0.29, 0.717) is 75.0 Å². The number of ether oxygens (including phenoxy) is 3. The van der Waals surface area contributed by atoms with Crippen molar-refractivity contribution in [2.45, 2.75) is 120 Å². The molecule has 0 bridgehead atoms. The zero-order chi connectivity index (χ0) is 42.9. The smallest absolute Gasteiger partial charge is 0.411 e. The van der Waals surface area contributed by atoms with E-state index in [9.17, 15) is 41.1 Å². The molecule has 19 heteroatoms. The molecule has 1 aromatic carbocycles. The van der Waals surface area contributed by atoms with Crippen LogP contribution in [0.3, 0.4) is 0 Å². The molecule has 7 rings (SSSR count). The van der Waals surface area contributed by atoms with Crippen molar-refractivity contribution in [2.75, 3.05) is 19.8 Å². The molecule has 3 aliphatic heterocycles. The molecule has 3 N–H and O–H groups in total. The van der Waals surface area contributed by atoms with Crippen molar-refractivity contribution >= 4 is 44.6 Å². The molecule has 0 unspecified atom stereocenters. The third-order valence-corrected chi connectivity index (χ3v) is 14.8. The van der Waals surface area contributed by atoms with Gasteiger partial charge in [0, 0.05) is 29.3 Å². The summed E-state index contributed by atoms with van der Waals surface area (Å²) in [4.78, 5) is 62.1. The highest BCUT2D eigenvalue weighted by atomic mass is 32.2. The van der Waals surface area contributed by atoms with Crippen LogP contribution in [-0.4, -0.2) is 112 Å². The van der Waals surface area contributed by atoms with Crippen LogP contribution >= 0.6 is 0 Å². The molecule has 15 nitrogen and oxygen atoms in total. The normalized spacial score (nSPS) is 30.1. The van der Waals surface area contributed by atoms with E-state index < -0.39 is 85.9 Å². The number of carboxylic acid groups (broad SMARTS) is 1. The van der Waals surface area contributed by atoms with Crippen molar-refractivity contribution in [1.82, 2.24) is 24.8 Å². The summed E-state index contributed by atoms with van der Waals surface area (Å²) in [5, 5.41) is 14.3. The van der Waals surface area contributed by atoms with Crippen LogP contribution in [0.2, 0.25) is 0 Å². The van der Waals surface area contributed by atoms with Crippen molar-refractivity contribution in [3.05, 3.63) is 36.5 Å². The molecule has 59 heavy (non-hydrogen) atoms. The molecule has 4 heterocycles. The molecule has 4 amide bonds. The number of sulfonamides is 1. The minimum atomic E-state index is -5.10. The Hall–Kier alpha value is -4.81. The van der Waals surface area contributed by atoms with E-state index in [0.717, 1.165) is 4.90 Å². The van der Waals surface area contributed by atoms with Crippen LogP contribution in [-0.2, 0) is 24.4 Å². The average Bonchev–Trinajstić information content (AvgIpc) is 4.04. The highest BCUT2D eigenvalue weighted by Crippen LogP contribution is 2.48. The molecule has 2 aromatic rings. The predicted octanol–water partition coefficient (Wildman–Crippen LogP) is 4.93. The number of pyridine rings is 1. The van der Waals surface area contributed by atoms with Gasteiger partial charge in [0.05, 0.1) is 11.3 Å². The minimum absolute atomic E-state index is 0.0473. The van der Waals surface area contributed by atoms with Gasteiger partial charge in [0.25, 0.3) is 5.91 Å². The number of halogens is 3.